The number of piperidine rings is 1. The molecule has 0 aliphatic carbocycles. The molecule has 2 unspecified atom stereocenters. The monoisotopic (exact) mass is 303 g/mol. The predicted molar refractivity (Wildman–Crippen MR) is 82.3 cm³/mol. The minimum absolute atomic E-state index is 0.0123. The third-order valence-electron chi connectivity index (χ3n) is 4.95. The number of anilines is 1. The molecule has 118 valence electrons. The van der Waals surface area contributed by atoms with Crippen LogP contribution in [0.2, 0.25) is 0 Å². The van der Waals surface area contributed by atoms with Crippen molar-refractivity contribution in [1.82, 2.24) is 9.80 Å². The molecule has 4 rings (SSSR count). The highest BCUT2D eigenvalue weighted by molar-refractivity contribution is 5.90. The summed E-state index contributed by atoms with van der Waals surface area (Å²) in [5.41, 5.74) is 0.752. The van der Waals surface area contributed by atoms with Crippen LogP contribution in [0.3, 0.4) is 0 Å². The Labute approximate surface area is 130 Å². The Bertz CT molecular complexity index is 592. The van der Waals surface area contributed by atoms with Gasteiger partial charge in [-0.25, -0.2) is 4.79 Å². The lowest BCUT2D eigenvalue weighted by molar-refractivity contribution is 0.137. The number of nitrogens with one attached hydrogen (secondary N) is 1. The Morgan fingerprint density at radius 2 is 2.05 bits per heavy atom. The van der Waals surface area contributed by atoms with Crippen LogP contribution in [0.25, 0.3) is 0 Å². The number of benzene rings is 1. The average molecular weight is 303 g/mol. The quantitative estimate of drug-likeness (QED) is 0.862. The Hall–Kier alpha value is -1.95. The zero-order valence-electron chi connectivity index (χ0n) is 12.7. The number of rotatable bonds is 1. The smallest absolute Gasteiger partial charge is 0.322 e. The second kappa shape index (κ2) is 5.35. The number of likely N-dealkylation sites (N-methyl/N-ethyl adjacent to an activating group) is 1. The molecule has 0 spiro atoms. The van der Waals surface area contributed by atoms with E-state index in [4.69, 9.17) is 9.47 Å². The van der Waals surface area contributed by atoms with E-state index in [1.807, 2.05) is 23.1 Å². The number of hydrogen-bond donors (Lipinski definition) is 1. The van der Waals surface area contributed by atoms with E-state index < -0.39 is 0 Å². The average Bonchev–Trinajstić information content (AvgIpc) is 3.12. The molecule has 1 aromatic carbocycles. The van der Waals surface area contributed by atoms with Gasteiger partial charge in [0.25, 0.3) is 0 Å². The van der Waals surface area contributed by atoms with Gasteiger partial charge in [0.05, 0.1) is 0 Å². The van der Waals surface area contributed by atoms with Crippen LogP contribution in [0.1, 0.15) is 12.8 Å². The zero-order chi connectivity index (χ0) is 15.1. The van der Waals surface area contributed by atoms with Crippen LogP contribution in [0.15, 0.2) is 18.2 Å². The molecule has 0 bridgehead atoms. The van der Waals surface area contributed by atoms with Gasteiger partial charge in [-0.15, -0.1) is 0 Å². The normalized spacial score (nSPS) is 26.9. The van der Waals surface area contributed by atoms with Gasteiger partial charge in [-0.1, -0.05) is 0 Å². The van der Waals surface area contributed by atoms with E-state index in [-0.39, 0.29) is 12.8 Å². The van der Waals surface area contributed by atoms with Gasteiger partial charge in [0.1, 0.15) is 0 Å². The van der Waals surface area contributed by atoms with Crippen molar-refractivity contribution in [2.45, 2.75) is 18.9 Å². The van der Waals surface area contributed by atoms with Crippen LogP contribution in [-0.2, 0) is 0 Å². The third-order valence-corrected chi connectivity index (χ3v) is 4.95. The maximum atomic E-state index is 12.6. The molecule has 0 saturated carbocycles. The van der Waals surface area contributed by atoms with Crippen LogP contribution in [0.5, 0.6) is 11.5 Å². The molecule has 3 heterocycles. The SMILES string of the molecule is CN1CCC2CCN(C(=O)Nc3ccc4c(c3)OCO4)C2C1. The Morgan fingerprint density at radius 1 is 1.23 bits per heavy atom. The number of likely N-dealkylation sites (tertiary alicyclic amines) is 2. The van der Waals surface area contributed by atoms with E-state index in [9.17, 15) is 4.79 Å². The van der Waals surface area contributed by atoms with Gasteiger partial charge in [0, 0.05) is 30.9 Å². The number of urea groups is 1. The molecule has 0 aromatic heterocycles. The van der Waals surface area contributed by atoms with Crippen molar-refractivity contribution in [1.29, 1.82) is 0 Å². The molecule has 2 saturated heterocycles. The number of nitrogens with zero attached hydrogens (tertiary/aromatic N) is 2. The first-order chi connectivity index (χ1) is 10.7. The van der Waals surface area contributed by atoms with Crippen molar-refractivity contribution in [2.24, 2.45) is 5.92 Å². The van der Waals surface area contributed by atoms with Gasteiger partial charge in [-0.05, 0) is 44.5 Å². The molecule has 2 amide bonds. The number of amides is 2. The molecule has 0 radical (unpaired) electrons. The number of ether oxygens (including phenoxy) is 2. The van der Waals surface area contributed by atoms with Crippen molar-refractivity contribution in [3.05, 3.63) is 18.2 Å². The summed E-state index contributed by atoms with van der Waals surface area (Å²) in [6.45, 7) is 3.20. The minimum atomic E-state index is -0.0123. The maximum absolute atomic E-state index is 12.6. The van der Waals surface area contributed by atoms with E-state index in [0.29, 0.717) is 17.7 Å². The summed E-state index contributed by atoms with van der Waals surface area (Å²) in [4.78, 5) is 16.9. The van der Waals surface area contributed by atoms with E-state index >= 15 is 0 Å². The van der Waals surface area contributed by atoms with Crippen molar-refractivity contribution < 1.29 is 14.3 Å². The maximum Gasteiger partial charge on any atom is 0.322 e. The highest BCUT2D eigenvalue weighted by Gasteiger charge is 2.39. The summed E-state index contributed by atoms with van der Waals surface area (Å²) in [6, 6.07) is 5.83. The van der Waals surface area contributed by atoms with Gasteiger partial charge < -0.3 is 24.6 Å². The number of carbonyl (C=O) groups is 1. The zero-order valence-corrected chi connectivity index (χ0v) is 12.7. The lowest BCUT2D eigenvalue weighted by Crippen LogP contribution is -2.49. The summed E-state index contributed by atoms with van der Waals surface area (Å²) < 4.78 is 10.6. The summed E-state index contributed by atoms with van der Waals surface area (Å²) in [5.74, 6) is 2.07. The largest absolute Gasteiger partial charge is 0.454 e. The second-order valence-electron chi connectivity index (χ2n) is 6.36. The lowest BCUT2D eigenvalue weighted by Gasteiger charge is -2.36. The van der Waals surface area contributed by atoms with Crippen molar-refractivity contribution in [3.63, 3.8) is 0 Å². The van der Waals surface area contributed by atoms with Gasteiger partial charge in [0.2, 0.25) is 6.79 Å². The van der Waals surface area contributed by atoms with Crippen LogP contribution < -0.4 is 14.8 Å². The first kappa shape index (κ1) is 13.7. The first-order valence-electron chi connectivity index (χ1n) is 7.86. The molecular formula is C16H21N3O3. The lowest BCUT2D eigenvalue weighted by atomic mass is 9.92. The molecule has 2 fully saturated rings. The molecule has 1 aromatic rings. The summed E-state index contributed by atoms with van der Waals surface area (Å²) in [7, 11) is 2.13. The number of fused-ring (bicyclic) bond motifs is 2. The van der Waals surface area contributed by atoms with Crippen molar-refractivity contribution in [2.75, 3.05) is 38.8 Å². The fourth-order valence-corrected chi connectivity index (χ4v) is 3.72. The predicted octanol–water partition coefficient (Wildman–Crippen LogP) is 1.97. The molecule has 6 nitrogen and oxygen atoms in total. The summed E-state index contributed by atoms with van der Waals surface area (Å²) >= 11 is 0. The fourth-order valence-electron chi connectivity index (χ4n) is 3.72. The highest BCUT2D eigenvalue weighted by atomic mass is 16.7. The van der Waals surface area contributed by atoms with Gasteiger partial charge in [-0.2, -0.15) is 0 Å². The van der Waals surface area contributed by atoms with Crippen molar-refractivity contribution >= 4 is 11.7 Å². The van der Waals surface area contributed by atoms with E-state index in [2.05, 4.69) is 17.3 Å². The number of carbonyl (C=O) groups excluding carboxylic acids is 1. The standard InChI is InChI=1S/C16H21N3O3/c1-18-6-4-11-5-7-19(13(11)9-18)16(20)17-12-2-3-14-15(8-12)22-10-21-14/h2-3,8,11,13H,4-7,9-10H2,1H3,(H,17,20). The van der Waals surface area contributed by atoms with Gasteiger partial charge in [-0.3, -0.25) is 0 Å². The molecule has 3 aliphatic rings. The third kappa shape index (κ3) is 2.37. The fraction of sp³-hybridized carbons (Fsp3) is 0.562. The van der Waals surface area contributed by atoms with E-state index in [1.165, 1.54) is 6.42 Å². The second-order valence-corrected chi connectivity index (χ2v) is 6.36. The van der Waals surface area contributed by atoms with Crippen LogP contribution in [0, 0.1) is 5.92 Å². The molecular weight excluding hydrogens is 282 g/mol. The Kier molecular flexibility index (Phi) is 3.33. The van der Waals surface area contributed by atoms with Gasteiger partial charge >= 0.3 is 6.03 Å². The Balaban J connectivity index is 1.46. The first-order valence-corrected chi connectivity index (χ1v) is 7.86. The molecule has 3 aliphatic heterocycles. The topological polar surface area (TPSA) is 54.0 Å². The number of hydrogen-bond acceptors (Lipinski definition) is 4. The van der Waals surface area contributed by atoms with Crippen LogP contribution in [0.4, 0.5) is 10.5 Å². The van der Waals surface area contributed by atoms with Crippen LogP contribution in [-0.4, -0.2) is 55.3 Å². The summed E-state index contributed by atoms with van der Waals surface area (Å²) in [5, 5.41) is 2.99. The molecule has 22 heavy (non-hydrogen) atoms. The highest BCUT2D eigenvalue weighted by Crippen LogP contribution is 2.35. The van der Waals surface area contributed by atoms with Crippen molar-refractivity contribution in [3.8, 4) is 11.5 Å². The molecule has 6 heteroatoms. The minimum Gasteiger partial charge on any atom is -0.454 e. The van der Waals surface area contributed by atoms with Gasteiger partial charge in [0.15, 0.2) is 11.5 Å². The van der Waals surface area contributed by atoms with E-state index in [0.717, 1.165) is 37.5 Å². The summed E-state index contributed by atoms with van der Waals surface area (Å²) in [6.07, 6.45) is 2.31. The molecule has 1 N–H and O–H groups in total. The Morgan fingerprint density at radius 3 is 2.95 bits per heavy atom. The molecule has 2 atom stereocenters. The van der Waals surface area contributed by atoms with E-state index in [1.54, 1.807) is 0 Å². The van der Waals surface area contributed by atoms with Crippen LogP contribution >= 0.6 is 0 Å².